The number of hydrogen-bond acceptors (Lipinski definition) is 4. The van der Waals surface area contributed by atoms with E-state index in [9.17, 15) is 0 Å². The molecule has 0 aliphatic carbocycles. The lowest BCUT2D eigenvalue weighted by Crippen LogP contribution is -2.22. The summed E-state index contributed by atoms with van der Waals surface area (Å²) in [5, 5.41) is 4.53. The fraction of sp³-hybridized carbons (Fsp3) is 0.583. The second kappa shape index (κ2) is 5.63. The molecule has 17 heavy (non-hydrogen) atoms. The predicted octanol–water partition coefficient (Wildman–Crippen LogP) is 4.18. The molecule has 0 fully saturated rings. The van der Waals surface area contributed by atoms with Crippen molar-refractivity contribution in [3.63, 3.8) is 0 Å². The molecule has 94 valence electrons. The van der Waals surface area contributed by atoms with Gasteiger partial charge in [-0.1, -0.05) is 37.2 Å². The molecule has 1 aliphatic heterocycles. The first-order chi connectivity index (χ1) is 8.06. The topological polar surface area (TPSA) is 24.4 Å². The quantitative estimate of drug-likeness (QED) is 0.902. The van der Waals surface area contributed by atoms with Crippen LogP contribution in [0.3, 0.4) is 0 Å². The zero-order valence-corrected chi connectivity index (χ0v) is 12.6. The second-order valence-electron chi connectivity index (χ2n) is 4.56. The summed E-state index contributed by atoms with van der Waals surface area (Å²) in [6.45, 7) is 6.59. The van der Waals surface area contributed by atoms with Crippen LogP contribution in [-0.2, 0) is 0 Å². The van der Waals surface area contributed by atoms with Crippen molar-refractivity contribution in [2.75, 3.05) is 5.75 Å². The SMILES string of the molecule is CC(NC1=NC(C(C)C)CS1)c1ccc(Cl)s1. The Morgan fingerprint density at radius 3 is 2.71 bits per heavy atom. The fourth-order valence-electron chi connectivity index (χ4n) is 1.63. The van der Waals surface area contributed by atoms with E-state index in [0.29, 0.717) is 12.0 Å². The highest BCUT2D eigenvalue weighted by Crippen LogP contribution is 2.28. The van der Waals surface area contributed by atoms with E-state index in [4.69, 9.17) is 16.6 Å². The Bertz CT molecular complexity index is 414. The summed E-state index contributed by atoms with van der Waals surface area (Å²) in [5.41, 5.74) is 0. The van der Waals surface area contributed by atoms with E-state index in [1.165, 1.54) is 4.88 Å². The molecule has 0 saturated heterocycles. The van der Waals surface area contributed by atoms with Gasteiger partial charge in [0.15, 0.2) is 5.17 Å². The average molecular weight is 289 g/mol. The van der Waals surface area contributed by atoms with E-state index in [0.717, 1.165) is 15.3 Å². The molecule has 0 saturated carbocycles. The maximum atomic E-state index is 5.94. The predicted molar refractivity (Wildman–Crippen MR) is 79.4 cm³/mol. The van der Waals surface area contributed by atoms with Gasteiger partial charge in [0, 0.05) is 10.6 Å². The monoisotopic (exact) mass is 288 g/mol. The Morgan fingerprint density at radius 1 is 1.41 bits per heavy atom. The first kappa shape index (κ1) is 13.2. The summed E-state index contributed by atoms with van der Waals surface area (Å²) >= 11 is 9.39. The molecular formula is C12H17ClN2S2. The molecule has 0 bridgehead atoms. The van der Waals surface area contributed by atoms with Crippen LogP contribution in [0.15, 0.2) is 17.1 Å². The van der Waals surface area contributed by atoms with Gasteiger partial charge >= 0.3 is 0 Å². The number of hydrogen-bond donors (Lipinski definition) is 1. The average Bonchev–Trinajstić information content (AvgIpc) is 2.86. The molecule has 0 radical (unpaired) electrons. The van der Waals surface area contributed by atoms with Crippen LogP contribution in [0.1, 0.15) is 31.7 Å². The third kappa shape index (κ3) is 3.39. The third-order valence-corrected chi connectivity index (χ3v) is 5.22. The van der Waals surface area contributed by atoms with Gasteiger partial charge in [0.25, 0.3) is 0 Å². The Kier molecular flexibility index (Phi) is 4.39. The minimum Gasteiger partial charge on any atom is -0.358 e. The molecule has 2 nitrogen and oxygen atoms in total. The number of nitrogens with one attached hydrogen (secondary N) is 1. The van der Waals surface area contributed by atoms with Crippen LogP contribution in [-0.4, -0.2) is 17.0 Å². The van der Waals surface area contributed by atoms with Crippen LogP contribution in [0.5, 0.6) is 0 Å². The lowest BCUT2D eigenvalue weighted by molar-refractivity contribution is 0.541. The van der Waals surface area contributed by atoms with Crippen molar-refractivity contribution >= 4 is 39.9 Å². The minimum absolute atomic E-state index is 0.282. The van der Waals surface area contributed by atoms with Crippen molar-refractivity contribution in [2.24, 2.45) is 10.9 Å². The van der Waals surface area contributed by atoms with Crippen molar-refractivity contribution in [1.29, 1.82) is 0 Å². The lowest BCUT2D eigenvalue weighted by Gasteiger charge is -2.12. The van der Waals surface area contributed by atoms with Crippen molar-refractivity contribution in [3.05, 3.63) is 21.3 Å². The van der Waals surface area contributed by atoms with Gasteiger partial charge < -0.3 is 5.32 Å². The van der Waals surface area contributed by atoms with Gasteiger partial charge in [0.1, 0.15) is 0 Å². The number of nitrogens with zero attached hydrogens (tertiary/aromatic N) is 1. The molecule has 0 spiro atoms. The Hall–Kier alpha value is -0.190. The van der Waals surface area contributed by atoms with E-state index in [2.05, 4.69) is 32.2 Å². The van der Waals surface area contributed by atoms with Gasteiger partial charge in [-0.05, 0) is 25.0 Å². The van der Waals surface area contributed by atoms with E-state index in [1.807, 2.05) is 17.8 Å². The summed E-state index contributed by atoms with van der Waals surface area (Å²) in [6, 6.07) is 4.76. The zero-order valence-electron chi connectivity index (χ0n) is 10.2. The maximum Gasteiger partial charge on any atom is 0.157 e. The number of thioether (sulfide) groups is 1. The smallest absolute Gasteiger partial charge is 0.157 e. The third-order valence-electron chi connectivity index (χ3n) is 2.80. The largest absolute Gasteiger partial charge is 0.358 e. The minimum atomic E-state index is 0.282. The molecule has 2 rings (SSSR count). The zero-order chi connectivity index (χ0) is 12.4. The van der Waals surface area contributed by atoms with Crippen molar-refractivity contribution in [1.82, 2.24) is 5.32 Å². The van der Waals surface area contributed by atoms with E-state index in [1.54, 1.807) is 11.3 Å². The first-order valence-corrected chi connectivity index (χ1v) is 7.96. The van der Waals surface area contributed by atoms with Gasteiger partial charge in [-0.15, -0.1) is 11.3 Å². The lowest BCUT2D eigenvalue weighted by atomic mass is 10.1. The molecule has 1 N–H and O–H groups in total. The summed E-state index contributed by atoms with van der Waals surface area (Å²) in [7, 11) is 0. The van der Waals surface area contributed by atoms with Gasteiger partial charge in [0.05, 0.1) is 16.4 Å². The molecule has 2 atom stereocenters. The molecule has 0 aromatic carbocycles. The molecule has 1 aliphatic rings. The number of aliphatic imine (C=N–C) groups is 1. The number of amidine groups is 1. The van der Waals surface area contributed by atoms with Crippen LogP contribution in [0.25, 0.3) is 0 Å². The fourth-order valence-corrected chi connectivity index (χ4v) is 3.95. The van der Waals surface area contributed by atoms with Crippen LogP contribution >= 0.6 is 34.7 Å². The number of thiophene rings is 1. The standard InChI is InChI=1S/C12H17ClN2S2/c1-7(2)9-6-16-12(15-9)14-8(3)10-4-5-11(13)17-10/h4-5,7-9H,6H2,1-3H3,(H,14,15). The summed E-state index contributed by atoms with van der Waals surface area (Å²) < 4.78 is 0.842. The highest BCUT2D eigenvalue weighted by molar-refractivity contribution is 8.14. The van der Waals surface area contributed by atoms with Crippen LogP contribution in [0.4, 0.5) is 0 Å². The van der Waals surface area contributed by atoms with E-state index in [-0.39, 0.29) is 6.04 Å². The Morgan fingerprint density at radius 2 is 2.18 bits per heavy atom. The van der Waals surface area contributed by atoms with Crippen LogP contribution in [0.2, 0.25) is 4.34 Å². The second-order valence-corrected chi connectivity index (χ2v) is 7.32. The molecule has 1 aromatic rings. The van der Waals surface area contributed by atoms with Crippen molar-refractivity contribution < 1.29 is 0 Å². The van der Waals surface area contributed by atoms with Gasteiger partial charge in [-0.2, -0.15) is 0 Å². The highest BCUT2D eigenvalue weighted by atomic mass is 35.5. The Balaban J connectivity index is 1.96. The number of rotatable bonds is 3. The molecule has 0 amide bonds. The summed E-state index contributed by atoms with van der Waals surface area (Å²) in [5.74, 6) is 1.71. The highest BCUT2D eigenvalue weighted by Gasteiger charge is 2.22. The number of halogens is 1. The van der Waals surface area contributed by atoms with E-state index >= 15 is 0 Å². The van der Waals surface area contributed by atoms with Crippen molar-refractivity contribution in [2.45, 2.75) is 32.9 Å². The van der Waals surface area contributed by atoms with Gasteiger partial charge in [-0.25, -0.2) is 0 Å². The first-order valence-electron chi connectivity index (χ1n) is 5.78. The van der Waals surface area contributed by atoms with Crippen LogP contribution in [0, 0.1) is 5.92 Å². The van der Waals surface area contributed by atoms with Gasteiger partial charge in [0.2, 0.25) is 0 Å². The molecule has 2 heterocycles. The normalized spacial score (nSPS) is 21.7. The molecular weight excluding hydrogens is 272 g/mol. The van der Waals surface area contributed by atoms with Crippen molar-refractivity contribution in [3.8, 4) is 0 Å². The summed E-state index contributed by atoms with van der Waals surface area (Å²) in [4.78, 5) is 5.96. The molecule has 1 aromatic heterocycles. The molecule has 2 unspecified atom stereocenters. The van der Waals surface area contributed by atoms with Gasteiger partial charge in [-0.3, -0.25) is 4.99 Å². The maximum absolute atomic E-state index is 5.94. The summed E-state index contributed by atoms with van der Waals surface area (Å²) in [6.07, 6.45) is 0. The van der Waals surface area contributed by atoms with Crippen LogP contribution < -0.4 is 5.32 Å². The Labute approximate surface area is 116 Å². The molecule has 5 heteroatoms. The van der Waals surface area contributed by atoms with E-state index < -0.39 is 0 Å².